The molecule has 1 heterocycles. The number of nitrogens with zero attached hydrogens (tertiary/aromatic N) is 1. The van der Waals surface area contributed by atoms with Crippen LogP contribution in [0.2, 0.25) is 0 Å². The lowest BCUT2D eigenvalue weighted by Crippen LogP contribution is -2.22. The zero-order valence-electron chi connectivity index (χ0n) is 11.5. The fourth-order valence-electron chi connectivity index (χ4n) is 1.88. The third-order valence-corrected chi connectivity index (χ3v) is 4.08. The highest BCUT2D eigenvalue weighted by Gasteiger charge is 2.17. The Morgan fingerprint density at radius 2 is 2.12 bits per heavy atom. The second-order valence-corrected chi connectivity index (χ2v) is 5.73. The molecule has 96 valence electrons. The van der Waals surface area contributed by atoms with E-state index in [1.807, 2.05) is 11.3 Å². The molecule has 17 heavy (non-hydrogen) atoms. The monoisotopic (exact) mass is 252 g/mol. The average Bonchev–Trinajstić information content (AvgIpc) is 2.63. The summed E-state index contributed by atoms with van der Waals surface area (Å²) in [5.41, 5.74) is 2.48. The Morgan fingerprint density at radius 1 is 1.41 bits per heavy atom. The van der Waals surface area contributed by atoms with Crippen LogP contribution in [0.5, 0.6) is 0 Å². The van der Waals surface area contributed by atoms with E-state index in [2.05, 4.69) is 44.6 Å². The molecule has 1 rings (SSSR count). The predicted octanol–water partition coefficient (Wildman–Crippen LogP) is 4.16. The molecule has 0 saturated heterocycles. The zero-order chi connectivity index (χ0) is 12.8. The Labute approximate surface area is 109 Å². The van der Waals surface area contributed by atoms with Crippen molar-refractivity contribution in [3.63, 3.8) is 0 Å². The van der Waals surface area contributed by atoms with Crippen molar-refractivity contribution in [2.45, 2.75) is 53.0 Å². The average molecular weight is 252 g/mol. The molecule has 0 amide bonds. The van der Waals surface area contributed by atoms with Crippen LogP contribution in [-0.2, 0) is 0 Å². The van der Waals surface area contributed by atoms with Gasteiger partial charge >= 0.3 is 0 Å². The molecule has 0 spiro atoms. The maximum atomic E-state index is 4.52. The Balaban J connectivity index is 2.81. The molecule has 2 nitrogen and oxygen atoms in total. The minimum atomic E-state index is 0.397. The van der Waals surface area contributed by atoms with E-state index in [0.29, 0.717) is 6.04 Å². The Bertz CT molecular complexity index is 368. The van der Waals surface area contributed by atoms with Crippen molar-refractivity contribution < 1.29 is 0 Å². The van der Waals surface area contributed by atoms with Crippen LogP contribution >= 0.6 is 11.3 Å². The molecule has 0 fully saturated rings. The molecule has 3 heteroatoms. The molecule has 1 unspecified atom stereocenters. The summed E-state index contributed by atoms with van der Waals surface area (Å²) in [5.74, 6) is 0. The molecule has 0 bridgehead atoms. The number of aryl methyl sites for hydroxylation is 2. The van der Waals surface area contributed by atoms with Gasteiger partial charge in [0.15, 0.2) is 0 Å². The molecule has 0 aromatic carbocycles. The molecule has 1 atom stereocenters. The van der Waals surface area contributed by atoms with Gasteiger partial charge in [0.25, 0.3) is 0 Å². The number of rotatable bonds is 7. The lowest BCUT2D eigenvalue weighted by Gasteiger charge is -2.18. The van der Waals surface area contributed by atoms with Crippen LogP contribution in [0.4, 0.5) is 0 Å². The van der Waals surface area contributed by atoms with Crippen LogP contribution in [0.1, 0.15) is 54.7 Å². The fraction of sp³-hybridized carbons (Fsp3) is 0.643. The molecule has 0 aliphatic heterocycles. The summed E-state index contributed by atoms with van der Waals surface area (Å²) < 4.78 is 0. The Kier molecular flexibility index (Phi) is 5.86. The first-order valence-corrected chi connectivity index (χ1v) is 7.24. The first-order chi connectivity index (χ1) is 8.08. The van der Waals surface area contributed by atoms with Crippen LogP contribution in [0.25, 0.3) is 0 Å². The lowest BCUT2D eigenvalue weighted by molar-refractivity contribution is 0.528. The second kappa shape index (κ2) is 6.92. The molecule has 0 aliphatic carbocycles. The summed E-state index contributed by atoms with van der Waals surface area (Å²) in [4.78, 5) is 5.90. The maximum Gasteiger partial charge on any atom is 0.0900 e. The normalized spacial score (nSPS) is 12.7. The highest BCUT2D eigenvalue weighted by Crippen LogP contribution is 2.29. The molecule has 0 radical (unpaired) electrons. The van der Waals surface area contributed by atoms with Gasteiger partial charge in [-0.15, -0.1) is 11.3 Å². The minimum Gasteiger partial charge on any atom is -0.309 e. The third-order valence-electron chi connectivity index (χ3n) is 2.89. The summed E-state index contributed by atoms with van der Waals surface area (Å²) in [5, 5.41) is 4.77. The van der Waals surface area contributed by atoms with E-state index >= 15 is 0 Å². The highest BCUT2D eigenvalue weighted by molar-refractivity contribution is 7.11. The molecule has 0 saturated carbocycles. The topological polar surface area (TPSA) is 24.9 Å². The van der Waals surface area contributed by atoms with E-state index in [4.69, 9.17) is 0 Å². The third kappa shape index (κ3) is 4.25. The molecule has 1 N–H and O–H groups in total. The molecule has 0 aliphatic rings. The summed E-state index contributed by atoms with van der Waals surface area (Å²) in [6.07, 6.45) is 3.24. The number of aromatic nitrogens is 1. The van der Waals surface area contributed by atoms with Crippen LogP contribution in [0.3, 0.4) is 0 Å². The molecular weight excluding hydrogens is 228 g/mol. The SMILES string of the molecule is C=C(CC)CC(NCCC)c1sc(C)nc1C. The van der Waals surface area contributed by atoms with Gasteiger partial charge in [-0.05, 0) is 39.7 Å². The van der Waals surface area contributed by atoms with Gasteiger partial charge in [-0.1, -0.05) is 26.0 Å². The zero-order valence-corrected chi connectivity index (χ0v) is 12.3. The smallest absolute Gasteiger partial charge is 0.0900 e. The van der Waals surface area contributed by atoms with Gasteiger partial charge < -0.3 is 5.32 Å². The van der Waals surface area contributed by atoms with E-state index in [1.165, 1.54) is 16.1 Å². The first kappa shape index (κ1) is 14.4. The van der Waals surface area contributed by atoms with Gasteiger partial charge in [0, 0.05) is 10.9 Å². The quantitative estimate of drug-likeness (QED) is 0.737. The van der Waals surface area contributed by atoms with Crippen LogP contribution in [0.15, 0.2) is 12.2 Å². The van der Waals surface area contributed by atoms with Crippen molar-refractivity contribution in [1.29, 1.82) is 0 Å². The number of nitrogens with one attached hydrogen (secondary N) is 1. The predicted molar refractivity (Wildman–Crippen MR) is 76.7 cm³/mol. The van der Waals surface area contributed by atoms with Gasteiger partial charge in [0.2, 0.25) is 0 Å². The van der Waals surface area contributed by atoms with Crippen LogP contribution < -0.4 is 5.32 Å². The maximum absolute atomic E-state index is 4.52. The van der Waals surface area contributed by atoms with Gasteiger partial charge in [-0.25, -0.2) is 4.98 Å². The molecular formula is C14H24N2S. The van der Waals surface area contributed by atoms with E-state index in [1.54, 1.807) is 0 Å². The van der Waals surface area contributed by atoms with Crippen molar-refractivity contribution in [3.8, 4) is 0 Å². The van der Waals surface area contributed by atoms with Gasteiger partial charge in [0.05, 0.1) is 10.7 Å². The van der Waals surface area contributed by atoms with Crippen molar-refractivity contribution in [2.75, 3.05) is 6.54 Å². The highest BCUT2D eigenvalue weighted by atomic mass is 32.1. The van der Waals surface area contributed by atoms with E-state index in [9.17, 15) is 0 Å². The Hall–Kier alpha value is -0.670. The molecule has 1 aromatic heterocycles. The van der Waals surface area contributed by atoms with Gasteiger partial charge in [-0.3, -0.25) is 0 Å². The first-order valence-electron chi connectivity index (χ1n) is 6.42. The molecule has 1 aromatic rings. The van der Waals surface area contributed by atoms with Crippen molar-refractivity contribution in [1.82, 2.24) is 10.3 Å². The largest absolute Gasteiger partial charge is 0.309 e. The summed E-state index contributed by atoms with van der Waals surface area (Å²) >= 11 is 1.81. The van der Waals surface area contributed by atoms with Gasteiger partial charge in [0.1, 0.15) is 0 Å². The second-order valence-electron chi connectivity index (χ2n) is 4.50. The van der Waals surface area contributed by atoms with Gasteiger partial charge in [-0.2, -0.15) is 0 Å². The van der Waals surface area contributed by atoms with Crippen molar-refractivity contribution in [3.05, 3.63) is 27.7 Å². The summed E-state index contributed by atoms with van der Waals surface area (Å²) in [7, 11) is 0. The fourth-order valence-corrected chi connectivity index (χ4v) is 2.88. The number of thiazole rings is 1. The van der Waals surface area contributed by atoms with Crippen LogP contribution in [0, 0.1) is 13.8 Å². The summed E-state index contributed by atoms with van der Waals surface area (Å²) in [6, 6.07) is 0.397. The standard InChI is InChI=1S/C14H24N2S/c1-6-8-15-13(9-10(3)7-2)14-11(4)16-12(5)17-14/h13,15H,3,6-9H2,1-2,4-5H3. The minimum absolute atomic E-state index is 0.397. The van der Waals surface area contributed by atoms with Crippen LogP contribution in [-0.4, -0.2) is 11.5 Å². The van der Waals surface area contributed by atoms with Crippen molar-refractivity contribution in [2.24, 2.45) is 0 Å². The number of hydrogen-bond acceptors (Lipinski definition) is 3. The Morgan fingerprint density at radius 3 is 2.59 bits per heavy atom. The van der Waals surface area contributed by atoms with E-state index in [-0.39, 0.29) is 0 Å². The number of hydrogen-bond donors (Lipinski definition) is 1. The van der Waals surface area contributed by atoms with E-state index in [0.717, 1.165) is 30.8 Å². The van der Waals surface area contributed by atoms with E-state index < -0.39 is 0 Å². The lowest BCUT2D eigenvalue weighted by atomic mass is 10.0. The van der Waals surface area contributed by atoms with Crippen molar-refractivity contribution >= 4 is 11.3 Å². The summed E-state index contributed by atoms with van der Waals surface area (Å²) in [6.45, 7) is 13.7.